The number of allylic oxidation sites excluding steroid dienone is 1. The third-order valence-electron chi connectivity index (χ3n) is 2.15. The predicted octanol–water partition coefficient (Wildman–Crippen LogP) is 1.32. The quantitative estimate of drug-likeness (QED) is 0.665. The lowest BCUT2D eigenvalue weighted by Gasteiger charge is -1.96. The fourth-order valence-electron chi connectivity index (χ4n) is 1.50. The molecule has 1 amide bonds. The van der Waals surface area contributed by atoms with Gasteiger partial charge in [0.1, 0.15) is 11.0 Å². The predicted molar refractivity (Wildman–Crippen MR) is 69.7 cm³/mol. The van der Waals surface area contributed by atoms with Crippen LogP contribution in [0.5, 0.6) is 0 Å². The smallest absolute Gasteiger partial charge is 0.281 e. The molecule has 7 heteroatoms. The summed E-state index contributed by atoms with van der Waals surface area (Å²) in [5, 5.41) is 7.68. The van der Waals surface area contributed by atoms with Crippen LogP contribution < -0.4 is 5.73 Å². The molecule has 0 aliphatic heterocycles. The zero-order valence-electron chi connectivity index (χ0n) is 9.53. The second-order valence-electron chi connectivity index (χ2n) is 3.52. The molecule has 0 aliphatic carbocycles. The Labute approximate surface area is 107 Å². The van der Waals surface area contributed by atoms with Crippen LogP contribution in [0.15, 0.2) is 23.1 Å². The van der Waals surface area contributed by atoms with Crippen molar-refractivity contribution in [1.82, 2.24) is 15.0 Å². The van der Waals surface area contributed by atoms with E-state index in [9.17, 15) is 9.59 Å². The van der Waals surface area contributed by atoms with Crippen molar-refractivity contribution in [2.45, 2.75) is 0 Å². The number of amides is 1. The largest absolute Gasteiger partial charge is 0.360 e. The second kappa shape index (κ2) is 5.01. The molecule has 92 valence electrons. The number of primary amides is 1. The third kappa shape index (κ3) is 2.75. The zero-order chi connectivity index (χ0) is 13.1. The Morgan fingerprint density at radius 3 is 2.78 bits per heavy atom. The molecule has 0 atom stereocenters. The van der Waals surface area contributed by atoms with Crippen molar-refractivity contribution in [3.05, 3.63) is 28.7 Å². The number of nitrogens with two attached hydrogens (primary N) is 1. The first-order chi connectivity index (χ1) is 8.58. The molecular weight excluding hydrogens is 252 g/mol. The van der Waals surface area contributed by atoms with Gasteiger partial charge in [0.05, 0.1) is 4.91 Å². The number of benzene rings is 1. The van der Waals surface area contributed by atoms with E-state index in [-0.39, 0.29) is 4.91 Å². The molecule has 0 saturated heterocycles. The van der Waals surface area contributed by atoms with E-state index in [0.29, 0.717) is 18.0 Å². The minimum absolute atomic E-state index is 0.255. The van der Waals surface area contributed by atoms with Gasteiger partial charge in [-0.3, -0.25) is 9.59 Å². The van der Waals surface area contributed by atoms with Crippen LogP contribution in [0.3, 0.4) is 0 Å². The first-order valence-corrected chi connectivity index (χ1v) is 5.85. The molecule has 0 fully saturated rings. The normalized spacial score (nSPS) is 11.7. The lowest BCUT2D eigenvalue weighted by atomic mass is 10.2. The fraction of sp³-hybridized carbons (Fsp3) is 0.0909. The summed E-state index contributed by atoms with van der Waals surface area (Å²) in [6.07, 6.45) is 2.17. The molecule has 0 spiro atoms. The van der Waals surface area contributed by atoms with E-state index in [4.69, 9.17) is 5.73 Å². The minimum atomic E-state index is -0.617. The van der Waals surface area contributed by atoms with Gasteiger partial charge in [-0.1, -0.05) is 6.07 Å². The number of fused-ring (bicyclic) bond motifs is 1. The molecule has 6 nitrogen and oxygen atoms in total. The number of aldehydes is 1. The van der Waals surface area contributed by atoms with Gasteiger partial charge in [0, 0.05) is 7.05 Å². The van der Waals surface area contributed by atoms with Gasteiger partial charge in [-0.15, -0.1) is 0 Å². The van der Waals surface area contributed by atoms with Crippen LogP contribution in [-0.4, -0.2) is 26.5 Å². The molecule has 1 aromatic heterocycles. The van der Waals surface area contributed by atoms with Crippen molar-refractivity contribution in [1.29, 1.82) is 0 Å². The average molecular weight is 262 g/mol. The van der Waals surface area contributed by atoms with Crippen LogP contribution in [0.1, 0.15) is 5.56 Å². The summed E-state index contributed by atoms with van der Waals surface area (Å²) in [6, 6.07) is 5.38. The average Bonchev–Trinajstić information content (AvgIpc) is 2.67. The Hall–Kier alpha value is -2.15. The summed E-state index contributed by atoms with van der Waals surface area (Å²) in [7, 11) is 1.73. The van der Waals surface area contributed by atoms with Crippen LogP contribution in [-0.2, 0) is 11.8 Å². The molecule has 0 radical (unpaired) electrons. The van der Waals surface area contributed by atoms with Crippen LogP contribution in [0.2, 0.25) is 0 Å². The Balaban J connectivity index is 2.37. The van der Waals surface area contributed by atoms with Crippen molar-refractivity contribution in [2.75, 3.05) is 0 Å². The summed E-state index contributed by atoms with van der Waals surface area (Å²) in [4.78, 5) is 23.2. The maximum absolute atomic E-state index is 10.8. The van der Waals surface area contributed by atoms with Crippen molar-refractivity contribution in [2.24, 2.45) is 12.8 Å². The Morgan fingerprint density at radius 2 is 2.11 bits per heavy atom. The van der Waals surface area contributed by atoms with Gasteiger partial charge in [0.2, 0.25) is 0 Å². The van der Waals surface area contributed by atoms with Crippen LogP contribution in [0.25, 0.3) is 17.1 Å². The number of hydrogen-bond donors (Lipinski definition) is 1. The summed E-state index contributed by atoms with van der Waals surface area (Å²) in [5.41, 5.74) is 7.27. The molecule has 2 aromatic rings. The van der Waals surface area contributed by atoms with Gasteiger partial charge in [0.15, 0.2) is 6.29 Å². The number of aromatic nitrogens is 3. The number of aryl methyl sites for hydroxylation is 1. The Morgan fingerprint density at radius 1 is 1.39 bits per heavy atom. The number of thioether (sulfide) groups is 1. The molecule has 0 bridgehead atoms. The first kappa shape index (κ1) is 12.3. The Bertz CT molecular complexity index is 648. The molecular formula is C11H10N4O2S. The van der Waals surface area contributed by atoms with E-state index < -0.39 is 5.24 Å². The van der Waals surface area contributed by atoms with Gasteiger partial charge in [-0.2, -0.15) is 15.0 Å². The number of carbonyl (C=O) groups excluding carboxylic acids is 2. The van der Waals surface area contributed by atoms with E-state index in [1.807, 2.05) is 0 Å². The number of hydrogen-bond acceptors (Lipinski definition) is 5. The van der Waals surface area contributed by atoms with Crippen molar-refractivity contribution >= 4 is 40.4 Å². The second-order valence-corrected chi connectivity index (χ2v) is 4.60. The first-order valence-electron chi connectivity index (χ1n) is 5.04. The zero-order valence-corrected chi connectivity index (χ0v) is 10.3. The van der Waals surface area contributed by atoms with Crippen molar-refractivity contribution in [3.63, 3.8) is 0 Å². The van der Waals surface area contributed by atoms with Gasteiger partial charge in [0.25, 0.3) is 5.24 Å². The van der Waals surface area contributed by atoms with Gasteiger partial charge < -0.3 is 5.73 Å². The summed E-state index contributed by atoms with van der Waals surface area (Å²) in [5.74, 6) is 0. The maximum atomic E-state index is 10.8. The molecule has 2 N–H and O–H groups in total. The van der Waals surface area contributed by atoms with E-state index in [0.717, 1.165) is 16.6 Å². The maximum Gasteiger partial charge on any atom is 0.281 e. The van der Waals surface area contributed by atoms with E-state index >= 15 is 0 Å². The highest BCUT2D eigenvalue weighted by Gasteiger charge is 2.04. The molecule has 0 aliphatic rings. The topological polar surface area (TPSA) is 90.9 Å². The highest BCUT2D eigenvalue weighted by Crippen LogP contribution is 2.19. The van der Waals surface area contributed by atoms with Gasteiger partial charge in [-0.25, -0.2) is 0 Å². The van der Waals surface area contributed by atoms with Gasteiger partial charge >= 0.3 is 0 Å². The standard InChI is InChI=1S/C11H10N4O2S/c1-15-13-9-3-2-7(5-10(9)14-15)4-8(6-16)18-11(12)17/h2-6H,1H3,(H2,12,17)/b8-4-. The van der Waals surface area contributed by atoms with E-state index in [1.54, 1.807) is 31.3 Å². The molecule has 0 unspecified atom stereocenters. The molecule has 1 aromatic carbocycles. The van der Waals surface area contributed by atoms with Crippen LogP contribution >= 0.6 is 11.8 Å². The van der Waals surface area contributed by atoms with Crippen molar-refractivity contribution in [3.8, 4) is 0 Å². The summed E-state index contributed by atoms with van der Waals surface area (Å²) < 4.78 is 0. The monoisotopic (exact) mass is 262 g/mol. The van der Waals surface area contributed by atoms with Crippen LogP contribution in [0.4, 0.5) is 4.79 Å². The highest BCUT2D eigenvalue weighted by molar-refractivity contribution is 8.17. The lowest BCUT2D eigenvalue weighted by Crippen LogP contribution is -2.02. The molecule has 18 heavy (non-hydrogen) atoms. The third-order valence-corrected chi connectivity index (χ3v) is 2.80. The number of nitrogens with zero attached hydrogens (tertiary/aromatic N) is 3. The highest BCUT2D eigenvalue weighted by atomic mass is 32.2. The SMILES string of the molecule is Cn1nc2ccc(/C=C(/C=O)SC(N)=O)cc2n1. The molecule has 0 saturated carbocycles. The van der Waals surface area contributed by atoms with Crippen molar-refractivity contribution < 1.29 is 9.59 Å². The van der Waals surface area contributed by atoms with E-state index in [2.05, 4.69) is 10.2 Å². The fourth-order valence-corrected chi connectivity index (χ4v) is 1.97. The number of carbonyl (C=O) groups is 2. The van der Waals surface area contributed by atoms with Gasteiger partial charge in [-0.05, 0) is 35.5 Å². The van der Waals surface area contributed by atoms with Crippen LogP contribution in [0, 0.1) is 0 Å². The molecule has 1 heterocycles. The Kier molecular flexibility index (Phi) is 3.42. The molecule has 2 rings (SSSR count). The summed E-state index contributed by atoms with van der Waals surface area (Å²) >= 11 is 0.696. The van der Waals surface area contributed by atoms with E-state index in [1.165, 1.54) is 4.80 Å². The lowest BCUT2D eigenvalue weighted by molar-refractivity contribution is -0.104. The summed E-state index contributed by atoms with van der Waals surface area (Å²) in [6.45, 7) is 0. The minimum Gasteiger partial charge on any atom is -0.360 e. The number of rotatable bonds is 3.